The normalized spacial score (nSPS) is 10.2. The highest BCUT2D eigenvalue weighted by Crippen LogP contribution is 2.15. The fourth-order valence-electron chi connectivity index (χ4n) is 2.10. The number of thioether (sulfide) groups is 1. The molecule has 0 radical (unpaired) electrons. The Morgan fingerprint density at radius 1 is 1.04 bits per heavy atom. The minimum absolute atomic E-state index is 0.286. The predicted octanol–water partition coefficient (Wildman–Crippen LogP) is 2.87. The molecular weight excluding hydrogens is 338 g/mol. The summed E-state index contributed by atoms with van der Waals surface area (Å²) in [4.78, 5) is 36.6. The first-order chi connectivity index (χ1) is 12.0. The molecule has 2 rings (SSSR count). The van der Waals surface area contributed by atoms with Gasteiger partial charge in [-0.1, -0.05) is 29.8 Å². The highest BCUT2D eigenvalue weighted by molar-refractivity contribution is 7.98. The number of ether oxygens (including phenoxy) is 1. The van der Waals surface area contributed by atoms with Crippen molar-refractivity contribution in [2.75, 3.05) is 19.4 Å². The molecule has 0 aliphatic rings. The van der Waals surface area contributed by atoms with E-state index in [4.69, 9.17) is 4.74 Å². The van der Waals surface area contributed by atoms with E-state index in [1.165, 1.54) is 0 Å². The lowest BCUT2D eigenvalue weighted by molar-refractivity contribution is -0.141. The van der Waals surface area contributed by atoms with Crippen LogP contribution in [0.3, 0.4) is 0 Å². The monoisotopic (exact) mass is 357 g/mol. The summed E-state index contributed by atoms with van der Waals surface area (Å²) >= 11 is 1.58. The van der Waals surface area contributed by atoms with Gasteiger partial charge >= 0.3 is 5.97 Å². The van der Waals surface area contributed by atoms with Crippen molar-refractivity contribution >= 4 is 29.4 Å². The second-order valence-electron chi connectivity index (χ2n) is 5.36. The zero-order chi connectivity index (χ0) is 18.2. The molecule has 0 unspecified atom stereocenters. The molecule has 5 nitrogen and oxygen atoms in total. The van der Waals surface area contributed by atoms with Gasteiger partial charge in [-0.2, -0.15) is 0 Å². The van der Waals surface area contributed by atoms with E-state index in [0.717, 1.165) is 10.5 Å². The van der Waals surface area contributed by atoms with Crippen molar-refractivity contribution in [1.29, 1.82) is 0 Å². The van der Waals surface area contributed by atoms with E-state index in [1.54, 1.807) is 42.1 Å². The lowest BCUT2D eigenvalue weighted by Gasteiger charge is -2.07. The Bertz CT molecular complexity index is 771. The van der Waals surface area contributed by atoms with Gasteiger partial charge in [0.2, 0.25) is 0 Å². The molecule has 25 heavy (non-hydrogen) atoms. The molecule has 0 aliphatic heterocycles. The highest BCUT2D eigenvalue weighted by atomic mass is 32.2. The van der Waals surface area contributed by atoms with Crippen molar-refractivity contribution in [3.05, 3.63) is 65.2 Å². The van der Waals surface area contributed by atoms with Gasteiger partial charge in [-0.3, -0.25) is 14.4 Å². The van der Waals surface area contributed by atoms with Crippen molar-refractivity contribution in [1.82, 2.24) is 5.32 Å². The molecular formula is C19H19NO4S. The van der Waals surface area contributed by atoms with E-state index in [-0.39, 0.29) is 24.8 Å². The maximum Gasteiger partial charge on any atom is 0.325 e. The van der Waals surface area contributed by atoms with Gasteiger partial charge in [0, 0.05) is 16.0 Å². The van der Waals surface area contributed by atoms with Crippen LogP contribution in [0.2, 0.25) is 0 Å². The summed E-state index contributed by atoms with van der Waals surface area (Å²) < 4.78 is 4.92. The molecule has 0 saturated heterocycles. The van der Waals surface area contributed by atoms with Gasteiger partial charge in [-0.25, -0.2) is 0 Å². The Kier molecular flexibility index (Phi) is 6.77. The van der Waals surface area contributed by atoms with Gasteiger partial charge < -0.3 is 10.1 Å². The summed E-state index contributed by atoms with van der Waals surface area (Å²) in [6.45, 7) is 1.24. The lowest BCUT2D eigenvalue weighted by Crippen LogP contribution is -2.31. The van der Waals surface area contributed by atoms with Crippen LogP contribution >= 0.6 is 11.8 Å². The summed E-state index contributed by atoms with van der Waals surface area (Å²) in [6, 6.07) is 14.1. The molecule has 0 spiro atoms. The number of Topliss-reactive ketones (excluding diaryl/α,β-unsaturated/α-hetero) is 1. The number of carbonyl (C=O) groups excluding carboxylic acids is 3. The standard InChI is InChI=1S/C19H19NO4S/c1-13-4-3-5-15(10-13)19(23)20-11-18(22)24-12-17(21)14-6-8-16(25-2)9-7-14/h3-10H,11-12H2,1-2H3,(H,20,23). The smallest absolute Gasteiger partial charge is 0.325 e. The lowest BCUT2D eigenvalue weighted by atomic mass is 10.1. The highest BCUT2D eigenvalue weighted by Gasteiger charge is 2.12. The number of amides is 1. The zero-order valence-electron chi connectivity index (χ0n) is 14.1. The van der Waals surface area contributed by atoms with Crippen LogP contribution in [-0.2, 0) is 9.53 Å². The van der Waals surface area contributed by atoms with Crippen molar-refractivity contribution < 1.29 is 19.1 Å². The van der Waals surface area contributed by atoms with E-state index in [9.17, 15) is 14.4 Å². The van der Waals surface area contributed by atoms with Gasteiger partial charge in [-0.05, 0) is 37.4 Å². The van der Waals surface area contributed by atoms with Gasteiger partial charge in [-0.15, -0.1) is 11.8 Å². The molecule has 0 saturated carbocycles. The van der Waals surface area contributed by atoms with Crippen molar-refractivity contribution in [2.24, 2.45) is 0 Å². The van der Waals surface area contributed by atoms with E-state index in [2.05, 4.69) is 5.32 Å². The van der Waals surface area contributed by atoms with Crippen LogP contribution in [0.15, 0.2) is 53.4 Å². The molecule has 1 N–H and O–H groups in total. The molecule has 0 aromatic heterocycles. The fourth-order valence-corrected chi connectivity index (χ4v) is 2.51. The van der Waals surface area contributed by atoms with Crippen molar-refractivity contribution in [2.45, 2.75) is 11.8 Å². The second-order valence-corrected chi connectivity index (χ2v) is 6.24. The van der Waals surface area contributed by atoms with Crippen LogP contribution in [0, 0.1) is 6.92 Å². The zero-order valence-corrected chi connectivity index (χ0v) is 14.9. The van der Waals surface area contributed by atoms with Gasteiger partial charge in [0.25, 0.3) is 5.91 Å². The first-order valence-corrected chi connectivity index (χ1v) is 8.90. The number of ketones is 1. The summed E-state index contributed by atoms with van der Waals surface area (Å²) in [5, 5.41) is 2.48. The average Bonchev–Trinajstić information content (AvgIpc) is 2.64. The summed E-state index contributed by atoms with van der Waals surface area (Å²) in [5.41, 5.74) is 1.90. The maximum atomic E-state index is 12.0. The molecule has 130 valence electrons. The van der Waals surface area contributed by atoms with Gasteiger partial charge in [0.15, 0.2) is 12.4 Å². The van der Waals surface area contributed by atoms with Crippen LogP contribution in [0.4, 0.5) is 0 Å². The second kappa shape index (κ2) is 9.03. The third kappa shape index (κ3) is 5.76. The van der Waals surface area contributed by atoms with E-state index >= 15 is 0 Å². The van der Waals surface area contributed by atoms with E-state index in [0.29, 0.717) is 11.1 Å². The summed E-state index contributed by atoms with van der Waals surface area (Å²) in [5.74, 6) is -1.30. The predicted molar refractivity (Wildman–Crippen MR) is 97.0 cm³/mol. The number of hydrogen-bond acceptors (Lipinski definition) is 5. The third-order valence-electron chi connectivity index (χ3n) is 3.45. The molecule has 0 aliphatic carbocycles. The first-order valence-electron chi connectivity index (χ1n) is 7.67. The van der Waals surface area contributed by atoms with Crippen LogP contribution in [0.5, 0.6) is 0 Å². The Morgan fingerprint density at radius 3 is 2.40 bits per heavy atom. The molecule has 0 atom stereocenters. The van der Waals surface area contributed by atoms with Gasteiger partial charge in [0.1, 0.15) is 6.54 Å². The first kappa shape index (κ1) is 18.7. The maximum absolute atomic E-state index is 12.0. The average molecular weight is 357 g/mol. The molecule has 0 fully saturated rings. The SMILES string of the molecule is CSc1ccc(C(=O)COC(=O)CNC(=O)c2cccc(C)c2)cc1. The van der Waals surface area contributed by atoms with Crippen LogP contribution < -0.4 is 5.32 Å². The Balaban J connectivity index is 1.78. The number of benzene rings is 2. The number of hydrogen-bond donors (Lipinski definition) is 1. The third-order valence-corrected chi connectivity index (χ3v) is 4.19. The minimum Gasteiger partial charge on any atom is -0.456 e. The van der Waals surface area contributed by atoms with E-state index < -0.39 is 5.97 Å². The van der Waals surface area contributed by atoms with Crippen LogP contribution in [0.1, 0.15) is 26.3 Å². The Morgan fingerprint density at radius 2 is 1.76 bits per heavy atom. The van der Waals surface area contributed by atoms with Crippen molar-refractivity contribution in [3.8, 4) is 0 Å². The van der Waals surface area contributed by atoms with Gasteiger partial charge in [0.05, 0.1) is 0 Å². The number of nitrogens with one attached hydrogen (secondary N) is 1. The molecule has 0 bridgehead atoms. The number of carbonyl (C=O) groups is 3. The largest absolute Gasteiger partial charge is 0.456 e. The fraction of sp³-hybridized carbons (Fsp3) is 0.211. The molecule has 1 amide bonds. The number of aryl methyl sites for hydroxylation is 1. The Labute approximate surface area is 150 Å². The van der Waals surface area contributed by atoms with Crippen molar-refractivity contribution in [3.63, 3.8) is 0 Å². The summed E-state index contributed by atoms with van der Waals surface area (Å²) in [6.07, 6.45) is 1.95. The molecule has 6 heteroatoms. The van der Waals surface area contributed by atoms with Crippen LogP contribution in [0.25, 0.3) is 0 Å². The molecule has 2 aromatic rings. The Hall–Kier alpha value is -2.60. The molecule has 2 aromatic carbocycles. The van der Waals surface area contributed by atoms with E-state index in [1.807, 2.05) is 31.4 Å². The number of esters is 1. The summed E-state index contributed by atoms with van der Waals surface area (Å²) in [7, 11) is 0. The number of rotatable bonds is 7. The molecule has 0 heterocycles. The topological polar surface area (TPSA) is 72.5 Å². The quantitative estimate of drug-likeness (QED) is 0.469. The van der Waals surface area contributed by atoms with Crippen LogP contribution in [-0.4, -0.2) is 37.1 Å². The minimum atomic E-state index is -0.657.